The van der Waals surface area contributed by atoms with Crippen LogP contribution in [0, 0.1) is 0 Å². The van der Waals surface area contributed by atoms with Gasteiger partial charge in [0.2, 0.25) is 5.34 Å². The summed E-state index contributed by atoms with van der Waals surface area (Å²) in [6.45, 7) is 2.31. The number of unbranched alkanes of at least 4 members (excludes halogenated alkanes) is 17. The largest absolute Gasteiger partial charge is 0.373 e. The first-order chi connectivity index (χ1) is 17.5. The molecular weight excluding hydrogens is 481 g/mol. The van der Waals surface area contributed by atoms with Crippen molar-refractivity contribution in [3.63, 3.8) is 0 Å². The fourth-order valence-electron chi connectivity index (χ4n) is 4.85. The highest BCUT2D eigenvalue weighted by Gasteiger charge is 2.48. The molecule has 0 aromatic rings. The standard InChI is InChI=1S/C31H62NO4P/c1-5-6-7-8-9-10-11-12-13-14-15-16-17-18-19-20-21-22-23-24-25-26-27-28-29-31(33,37(34,35)36)30-32(2,3)4/h9-10,23-24,33H,5-8,11-22,25-30H2,1-4H3,(H-,34,35,36)/p+1/b10-9-,24-23-. The predicted octanol–water partition coefficient (Wildman–Crippen LogP) is 8.88. The monoisotopic (exact) mass is 544 g/mol. The molecule has 0 aliphatic carbocycles. The van der Waals surface area contributed by atoms with Gasteiger partial charge in [-0.05, 0) is 64.2 Å². The number of hydrogen-bond acceptors (Lipinski definition) is 2. The molecule has 0 aromatic heterocycles. The van der Waals surface area contributed by atoms with E-state index in [9.17, 15) is 19.5 Å². The first-order valence-corrected chi connectivity index (χ1v) is 17.0. The molecule has 0 saturated heterocycles. The summed E-state index contributed by atoms with van der Waals surface area (Å²) in [5.74, 6) is 0. The van der Waals surface area contributed by atoms with E-state index in [0.29, 0.717) is 10.9 Å². The van der Waals surface area contributed by atoms with Gasteiger partial charge in [-0.3, -0.25) is 4.57 Å². The van der Waals surface area contributed by atoms with E-state index >= 15 is 0 Å². The summed E-state index contributed by atoms with van der Waals surface area (Å²) in [6.07, 6.45) is 34.3. The van der Waals surface area contributed by atoms with Crippen LogP contribution in [0.25, 0.3) is 0 Å². The van der Waals surface area contributed by atoms with Crippen molar-refractivity contribution in [2.45, 2.75) is 147 Å². The highest BCUT2D eigenvalue weighted by atomic mass is 31.2. The molecular formula is C31H63NO4P+. The maximum atomic E-state index is 11.8. The van der Waals surface area contributed by atoms with Gasteiger partial charge in [-0.2, -0.15) is 0 Å². The van der Waals surface area contributed by atoms with Gasteiger partial charge in [0.05, 0.1) is 21.1 Å². The fourth-order valence-corrected chi connectivity index (χ4v) is 5.90. The fraction of sp³-hybridized carbons (Fsp3) is 0.871. The van der Waals surface area contributed by atoms with E-state index in [1.54, 1.807) is 0 Å². The molecule has 220 valence electrons. The highest BCUT2D eigenvalue weighted by Crippen LogP contribution is 2.52. The van der Waals surface area contributed by atoms with E-state index in [2.05, 4.69) is 31.2 Å². The molecule has 0 bridgehead atoms. The maximum absolute atomic E-state index is 11.8. The molecule has 5 nitrogen and oxygen atoms in total. The van der Waals surface area contributed by atoms with Crippen LogP contribution >= 0.6 is 7.60 Å². The third-order valence-corrected chi connectivity index (χ3v) is 8.47. The lowest BCUT2D eigenvalue weighted by molar-refractivity contribution is -0.875. The Morgan fingerprint density at radius 3 is 1.24 bits per heavy atom. The van der Waals surface area contributed by atoms with Crippen LogP contribution in [0.3, 0.4) is 0 Å². The molecule has 0 saturated carbocycles. The second-order valence-corrected chi connectivity index (χ2v) is 14.0. The Morgan fingerprint density at radius 1 is 0.595 bits per heavy atom. The van der Waals surface area contributed by atoms with Crippen molar-refractivity contribution in [2.24, 2.45) is 0 Å². The van der Waals surface area contributed by atoms with Crippen LogP contribution in [0.15, 0.2) is 24.3 Å². The van der Waals surface area contributed by atoms with Crippen LogP contribution < -0.4 is 0 Å². The molecule has 0 radical (unpaired) electrons. The summed E-state index contributed by atoms with van der Waals surface area (Å²) in [6, 6.07) is 0. The predicted molar refractivity (Wildman–Crippen MR) is 161 cm³/mol. The molecule has 0 rings (SSSR count). The van der Waals surface area contributed by atoms with Crippen molar-refractivity contribution >= 4 is 7.60 Å². The SMILES string of the molecule is CCCCC/C=C\CCCCCCCCCCCC/C=C\CCCCCC(O)(C[N+](C)(C)C)P(=O)(O)O. The normalized spacial score (nSPS) is 14.7. The lowest BCUT2D eigenvalue weighted by Gasteiger charge is -2.35. The summed E-state index contributed by atoms with van der Waals surface area (Å²) in [4.78, 5) is 19.2. The number of hydrogen-bond donors (Lipinski definition) is 3. The number of allylic oxidation sites excluding steroid dienone is 4. The van der Waals surface area contributed by atoms with Gasteiger partial charge in [0.15, 0.2) is 0 Å². The second kappa shape index (κ2) is 22.4. The summed E-state index contributed by atoms with van der Waals surface area (Å²) in [5, 5.41) is 8.64. The lowest BCUT2D eigenvalue weighted by Crippen LogP contribution is -2.49. The minimum absolute atomic E-state index is 0.0501. The van der Waals surface area contributed by atoms with Crippen LogP contribution in [0.1, 0.15) is 142 Å². The Morgan fingerprint density at radius 2 is 0.919 bits per heavy atom. The summed E-state index contributed by atoms with van der Waals surface area (Å²) < 4.78 is 12.1. The van der Waals surface area contributed by atoms with Gasteiger partial charge < -0.3 is 19.4 Å². The summed E-state index contributed by atoms with van der Waals surface area (Å²) >= 11 is 0. The van der Waals surface area contributed by atoms with Gasteiger partial charge in [0.25, 0.3) is 0 Å². The molecule has 1 atom stereocenters. The first-order valence-electron chi connectivity index (χ1n) is 15.4. The van der Waals surface area contributed by atoms with Crippen molar-refractivity contribution in [3.05, 3.63) is 24.3 Å². The van der Waals surface area contributed by atoms with Crippen LogP contribution in [0.5, 0.6) is 0 Å². The van der Waals surface area contributed by atoms with Crippen LogP contribution in [0.4, 0.5) is 0 Å². The molecule has 0 amide bonds. The second-order valence-electron chi connectivity index (χ2n) is 12.1. The molecule has 0 spiro atoms. The Balaban J connectivity index is 3.52. The van der Waals surface area contributed by atoms with E-state index in [-0.39, 0.29) is 13.0 Å². The van der Waals surface area contributed by atoms with Gasteiger partial charge in [-0.25, -0.2) is 0 Å². The van der Waals surface area contributed by atoms with Gasteiger partial charge >= 0.3 is 7.60 Å². The first kappa shape index (κ1) is 36.5. The highest BCUT2D eigenvalue weighted by molar-refractivity contribution is 7.53. The average Bonchev–Trinajstić information content (AvgIpc) is 2.80. The number of likely N-dealkylation sites (N-methyl/N-ethyl adjacent to an activating group) is 1. The lowest BCUT2D eigenvalue weighted by atomic mass is 10.0. The van der Waals surface area contributed by atoms with Crippen LogP contribution in [-0.2, 0) is 4.57 Å². The Bertz CT molecular complexity index is 623. The van der Waals surface area contributed by atoms with Crippen LogP contribution in [-0.4, -0.2) is 52.4 Å². The molecule has 0 aliphatic heterocycles. The van der Waals surface area contributed by atoms with Crippen molar-refractivity contribution in [2.75, 3.05) is 27.7 Å². The van der Waals surface area contributed by atoms with Crippen molar-refractivity contribution < 1.29 is 23.9 Å². The van der Waals surface area contributed by atoms with E-state index in [4.69, 9.17) is 0 Å². The molecule has 3 N–H and O–H groups in total. The van der Waals surface area contributed by atoms with Gasteiger partial charge in [0.1, 0.15) is 6.54 Å². The third-order valence-electron chi connectivity index (χ3n) is 7.02. The van der Waals surface area contributed by atoms with Gasteiger partial charge in [-0.1, -0.05) is 102 Å². The summed E-state index contributed by atoms with van der Waals surface area (Å²) in [7, 11) is 0.952. The molecule has 0 aliphatic rings. The molecule has 0 heterocycles. The molecule has 37 heavy (non-hydrogen) atoms. The topological polar surface area (TPSA) is 77.8 Å². The molecule has 1 unspecified atom stereocenters. The Kier molecular flexibility index (Phi) is 22.1. The zero-order chi connectivity index (χ0) is 27.9. The van der Waals surface area contributed by atoms with Crippen molar-refractivity contribution in [3.8, 4) is 0 Å². The zero-order valence-corrected chi connectivity index (χ0v) is 25.9. The maximum Gasteiger partial charge on any atom is 0.362 e. The van der Waals surface area contributed by atoms with E-state index < -0.39 is 12.9 Å². The number of quaternary nitrogens is 1. The number of aliphatic hydroxyl groups is 1. The Hall–Kier alpha value is -0.450. The van der Waals surface area contributed by atoms with Gasteiger partial charge in [0, 0.05) is 0 Å². The molecule has 0 aromatic carbocycles. The summed E-state index contributed by atoms with van der Waals surface area (Å²) in [5.41, 5.74) is 0. The van der Waals surface area contributed by atoms with Crippen molar-refractivity contribution in [1.82, 2.24) is 0 Å². The average molecular weight is 545 g/mol. The van der Waals surface area contributed by atoms with E-state index in [1.807, 2.05) is 21.1 Å². The minimum Gasteiger partial charge on any atom is -0.373 e. The van der Waals surface area contributed by atoms with E-state index in [1.165, 1.54) is 96.3 Å². The van der Waals surface area contributed by atoms with Gasteiger partial charge in [-0.15, -0.1) is 0 Å². The molecule has 6 heteroatoms. The van der Waals surface area contributed by atoms with E-state index in [0.717, 1.165) is 25.7 Å². The molecule has 0 fully saturated rings. The zero-order valence-electron chi connectivity index (χ0n) is 25.0. The Labute approximate surface area is 230 Å². The third kappa shape index (κ3) is 23.2. The van der Waals surface area contributed by atoms with Crippen LogP contribution in [0.2, 0.25) is 0 Å². The smallest absolute Gasteiger partial charge is 0.362 e. The number of nitrogens with zero attached hydrogens (tertiary/aromatic N) is 1. The minimum atomic E-state index is -4.56. The van der Waals surface area contributed by atoms with Crippen molar-refractivity contribution in [1.29, 1.82) is 0 Å². The quantitative estimate of drug-likeness (QED) is 0.0440. The number of rotatable bonds is 26.